The molecule has 0 aliphatic rings. The number of carbonyl (C=O) groups is 2. The number of anilines is 1. The van der Waals surface area contributed by atoms with Crippen LogP contribution in [0.15, 0.2) is 48.5 Å². The zero-order chi connectivity index (χ0) is 18.2. The number of carbonyl (C=O) groups excluding carboxylic acids is 2. The van der Waals surface area contributed by atoms with Crippen molar-refractivity contribution in [3.05, 3.63) is 65.2 Å². The molecule has 0 spiro atoms. The van der Waals surface area contributed by atoms with Crippen molar-refractivity contribution in [3.8, 4) is 0 Å². The van der Waals surface area contributed by atoms with Crippen LogP contribution in [0.4, 0.5) is 5.69 Å². The fourth-order valence-corrected chi connectivity index (χ4v) is 2.42. The Bertz CT molecular complexity index is 723. The molecule has 0 saturated carbocycles. The first-order valence-corrected chi connectivity index (χ1v) is 8.75. The van der Waals surface area contributed by atoms with Crippen LogP contribution >= 0.6 is 0 Å². The number of amides is 2. The van der Waals surface area contributed by atoms with E-state index in [9.17, 15) is 9.59 Å². The van der Waals surface area contributed by atoms with E-state index >= 15 is 0 Å². The number of benzene rings is 2. The van der Waals surface area contributed by atoms with Gasteiger partial charge in [0.15, 0.2) is 0 Å². The van der Waals surface area contributed by atoms with Crippen molar-refractivity contribution in [1.82, 2.24) is 5.32 Å². The second kappa shape index (κ2) is 9.02. The predicted octanol–water partition coefficient (Wildman–Crippen LogP) is 4.09. The Balaban J connectivity index is 1.98. The van der Waals surface area contributed by atoms with E-state index < -0.39 is 0 Å². The molecule has 2 aromatic carbocycles. The first-order chi connectivity index (χ1) is 12.0. The van der Waals surface area contributed by atoms with Gasteiger partial charge in [0.2, 0.25) is 5.91 Å². The third-order valence-electron chi connectivity index (χ3n) is 4.20. The van der Waals surface area contributed by atoms with E-state index in [-0.39, 0.29) is 17.9 Å². The summed E-state index contributed by atoms with van der Waals surface area (Å²) in [6.07, 6.45) is 1.91. The minimum atomic E-state index is -0.163. The largest absolute Gasteiger partial charge is 0.350 e. The van der Waals surface area contributed by atoms with Gasteiger partial charge in [-0.3, -0.25) is 9.59 Å². The van der Waals surface area contributed by atoms with Gasteiger partial charge in [-0.25, -0.2) is 0 Å². The molecule has 2 rings (SSSR count). The quantitative estimate of drug-likeness (QED) is 0.799. The van der Waals surface area contributed by atoms with Crippen LogP contribution in [0.25, 0.3) is 0 Å². The van der Waals surface area contributed by atoms with Gasteiger partial charge in [-0.15, -0.1) is 0 Å². The highest BCUT2D eigenvalue weighted by Crippen LogP contribution is 2.16. The molecular formula is C21H26N2O2. The van der Waals surface area contributed by atoms with Gasteiger partial charge in [-0.2, -0.15) is 0 Å². The molecular weight excluding hydrogens is 312 g/mol. The van der Waals surface area contributed by atoms with Gasteiger partial charge in [0.1, 0.15) is 0 Å². The number of hydrogen-bond acceptors (Lipinski definition) is 2. The summed E-state index contributed by atoms with van der Waals surface area (Å²) in [6.45, 7) is 6.02. The molecule has 1 atom stereocenters. The topological polar surface area (TPSA) is 58.2 Å². The average Bonchev–Trinajstić information content (AvgIpc) is 2.61. The standard InChI is InChI=1S/C21H26N2O2/c1-4-16(3)22-21(25)18-7-5-6-8-19(18)23-20(24)14-13-17-11-9-15(2)10-12-17/h5-12,16H,4,13-14H2,1-3H3,(H,22,25)(H,23,24)/t16-/m0/s1. The zero-order valence-corrected chi connectivity index (χ0v) is 15.1. The Morgan fingerprint density at radius 1 is 1.04 bits per heavy atom. The highest BCUT2D eigenvalue weighted by atomic mass is 16.2. The van der Waals surface area contributed by atoms with Crippen molar-refractivity contribution in [1.29, 1.82) is 0 Å². The van der Waals surface area contributed by atoms with Crippen molar-refractivity contribution in [2.75, 3.05) is 5.32 Å². The number of para-hydroxylation sites is 1. The van der Waals surface area contributed by atoms with Crippen LogP contribution in [-0.2, 0) is 11.2 Å². The Morgan fingerprint density at radius 2 is 1.72 bits per heavy atom. The van der Waals surface area contributed by atoms with Crippen molar-refractivity contribution in [2.45, 2.75) is 46.1 Å². The molecule has 4 heteroatoms. The summed E-state index contributed by atoms with van der Waals surface area (Å²) >= 11 is 0. The molecule has 0 fully saturated rings. The van der Waals surface area contributed by atoms with Crippen molar-refractivity contribution in [2.24, 2.45) is 0 Å². The van der Waals surface area contributed by atoms with E-state index in [0.29, 0.717) is 24.1 Å². The summed E-state index contributed by atoms with van der Waals surface area (Å²) < 4.78 is 0. The molecule has 0 unspecified atom stereocenters. The number of rotatable bonds is 7. The predicted molar refractivity (Wildman–Crippen MR) is 102 cm³/mol. The van der Waals surface area contributed by atoms with Crippen LogP contribution in [0.2, 0.25) is 0 Å². The average molecular weight is 338 g/mol. The van der Waals surface area contributed by atoms with Gasteiger partial charge < -0.3 is 10.6 Å². The molecule has 2 N–H and O–H groups in total. The molecule has 4 nitrogen and oxygen atoms in total. The lowest BCUT2D eigenvalue weighted by Gasteiger charge is -2.14. The fraction of sp³-hybridized carbons (Fsp3) is 0.333. The van der Waals surface area contributed by atoms with Gasteiger partial charge >= 0.3 is 0 Å². The van der Waals surface area contributed by atoms with Gasteiger partial charge in [-0.05, 0) is 44.4 Å². The third-order valence-corrected chi connectivity index (χ3v) is 4.20. The highest BCUT2D eigenvalue weighted by molar-refractivity contribution is 6.03. The van der Waals surface area contributed by atoms with Crippen molar-refractivity contribution >= 4 is 17.5 Å². The van der Waals surface area contributed by atoms with Gasteiger partial charge in [-0.1, -0.05) is 48.9 Å². The summed E-state index contributed by atoms with van der Waals surface area (Å²) in [4.78, 5) is 24.6. The van der Waals surface area contributed by atoms with Crippen LogP contribution in [0, 0.1) is 6.92 Å². The highest BCUT2D eigenvalue weighted by Gasteiger charge is 2.14. The molecule has 0 aliphatic heterocycles. The molecule has 2 aromatic rings. The smallest absolute Gasteiger partial charge is 0.253 e. The number of aryl methyl sites for hydroxylation is 2. The van der Waals surface area contributed by atoms with Crippen LogP contribution < -0.4 is 10.6 Å². The first kappa shape index (κ1) is 18.7. The molecule has 25 heavy (non-hydrogen) atoms. The van der Waals surface area contributed by atoms with Gasteiger partial charge in [0.25, 0.3) is 5.91 Å². The lowest BCUT2D eigenvalue weighted by atomic mass is 10.1. The Hall–Kier alpha value is -2.62. The minimum absolute atomic E-state index is 0.0932. The maximum atomic E-state index is 12.4. The molecule has 0 bridgehead atoms. The van der Waals surface area contributed by atoms with Crippen LogP contribution in [0.5, 0.6) is 0 Å². The number of hydrogen-bond donors (Lipinski definition) is 2. The molecule has 0 saturated heterocycles. The Kier molecular flexibility index (Phi) is 6.75. The van der Waals surface area contributed by atoms with E-state index in [4.69, 9.17) is 0 Å². The summed E-state index contributed by atoms with van der Waals surface area (Å²) in [5.41, 5.74) is 3.38. The maximum Gasteiger partial charge on any atom is 0.253 e. The number of nitrogens with one attached hydrogen (secondary N) is 2. The second-order valence-corrected chi connectivity index (χ2v) is 6.36. The van der Waals surface area contributed by atoms with Crippen LogP contribution in [0.1, 0.15) is 48.2 Å². The molecule has 132 valence electrons. The van der Waals surface area contributed by atoms with E-state index in [1.807, 2.05) is 51.1 Å². The molecule has 0 aromatic heterocycles. The zero-order valence-electron chi connectivity index (χ0n) is 15.1. The van der Waals surface area contributed by atoms with E-state index in [2.05, 4.69) is 10.6 Å². The summed E-state index contributed by atoms with van der Waals surface area (Å²) in [6, 6.07) is 15.4. The van der Waals surface area contributed by atoms with Crippen molar-refractivity contribution in [3.63, 3.8) is 0 Å². The molecule has 0 aliphatic carbocycles. The normalized spacial score (nSPS) is 11.6. The minimum Gasteiger partial charge on any atom is -0.350 e. The monoisotopic (exact) mass is 338 g/mol. The Morgan fingerprint density at radius 3 is 2.40 bits per heavy atom. The summed E-state index contributed by atoms with van der Waals surface area (Å²) in [5.74, 6) is -0.256. The van der Waals surface area contributed by atoms with E-state index in [1.165, 1.54) is 5.56 Å². The Labute approximate surface area is 149 Å². The summed E-state index contributed by atoms with van der Waals surface area (Å²) in [5, 5.41) is 5.80. The maximum absolute atomic E-state index is 12.4. The molecule has 0 heterocycles. The molecule has 2 amide bonds. The lowest BCUT2D eigenvalue weighted by molar-refractivity contribution is -0.116. The van der Waals surface area contributed by atoms with Gasteiger partial charge in [0.05, 0.1) is 11.3 Å². The van der Waals surface area contributed by atoms with Crippen LogP contribution in [0.3, 0.4) is 0 Å². The van der Waals surface area contributed by atoms with E-state index in [0.717, 1.165) is 12.0 Å². The third kappa shape index (κ3) is 5.75. The summed E-state index contributed by atoms with van der Waals surface area (Å²) in [7, 11) is 0. The van der Waals surface area contributed by atoms with E-state index in [1.54, 1.807) is 18.2 Å². The fourth-order valence-electron chi connectivity index (χ4n) is 2.42. The first-order valence-electron chi connectivity index (χ1n) is 8.75. The van der Waals surface area contributed by atoms with Crippen LogP contribution in [-0.4, -0.2) is 17.9 Å². The van der Waals surface area contributed by atoms with Crippen molar-refractivity contribution < 1.29 is 9.59 Å². The lowest BCUT2D eigenvalue weighted by Crippen LogP contribution is -2.32. The van der Waals surface area contributed by atoms with Gasteiger partial charge in [0, 0.05) is 12.5 Å². The second-order valence-electron chi connectivity index (χ2n) is 6.36. The molecule has 0 radical (unpaired) electrons. The SMILES string of the molecule is CC[C@H](C)NC(=O)c1ccccc1NC(=O)CCc1ccc(C)cc1.